The van der Waals surface area contributed by atoms with Crippen LogP contribution in [0.2, 0.25) is 0 Å². The van der Waals surface area contributed by atoms with Crippen molar-refractivity contribution in [2.45, 2.75) is 50.9 Å². The topological polar surface area (TPSA) is 21.7 Å². The lowest BCUT2D eigenvalue weighted by atomic mass is 9.95. The van der Waals surface area contributed by atoms with Gasteiger partial charge in [-0.05, 0) is 42.2 Å². The van der Waals surface area contributed by atoms with Crippen molar-refractivity contribution in [1.82, 2.24) is 4.90 Å². The van der Waals surface area contributed by atoms with Gasteiger partial charge < -0.3 is 9.47 Å². The Kier molecular flexibility index (Phi) is 3.59. The molecule has 1 spiro atoms. The van der Waals surface area contributed by atoms with Crippen LogP contribution in [0.25, 0.3) is 0 Å². The third-order valence-electron chi connectivity index (χ3n) is 4.97. The lowest BCUT2D eigenvalue weighted by Crippen LogP contribution is -2.44. The summed E-state index contributed by atoms with van der Waals surface area (Å²) in [5, 5.41) is 2.41. The number of hydrogen-bond acceptors (Lipinski definition) is 4. The predicted octanol–water partition coefficient (Wildman–Crippen LogP) is 2.97. The molecule has 2 fully saturated rings. The van der Waals surface area contributed by atoms with Gasteiger partial charge in [-0.15, -0.1) is 11.3 Å². The second-order valence-electron chi connectivity index (χ2n) is 6.25. The van der Waals surface area contributed by atoms with E-state index in [1.54, 1.807) is 16.0 Å². The van der Waals surface area contributed by atoms with Gasteiger partial charge in [-0.25, -0.2) is 0 Å². The summed E-state index contributed by atoms with van der Waals surface area (Å²) in [6.07, 6.45) is 7.43. The van der Waals surface area contributed by atoms with Gasteiger partial charge >= 0.3 is 0 Å². The number of ether oxygens (including phenoxy) is 2. The second kappa shape index (κ2) is 5.41. The standard InChI is InChI=1S/C16H23NO2S/c1-2-4-15-14(3-1)13(12-20-15)11-17-7-5-16(6-8-17)18-9-10-19-16/h12H,1-11H2. The van der Waals surface area contributed by atoms with Gasteiger partial charge in [0.05, 0.1) is 13.2 Å². The van der Waals surface area contributed by atoms with Gasteiger partial charge in [0.15, 0.2) is 5.79 Å². The maximum atomic E-state index is 5.81. The van der Waals surface area contributed by atoms with E-state index in [1.807, 2.05) is 11.3 Å². The first-order valence-electron chi connectivity index (χ1n) is 7.93. The number of nitrogens with zero attached hydrogens (tertiary/aromatic N) is 1. The van der Waals surface area contributed by atoms with Gasteiger partial charge in [-0.1, -0.05) is 0 Å². The number of aryl methyl sites for hydroxylation is 1. The van der Waals surface area contributed by atoms with Crippen LogP contribution in [0.15, 0.2) is 5.38 Å². The van der Waals surface area contributed by atoms with E-state index in [4.69, 9.17) is 9.47 Å². The monoisotopic (exact) mass is 293 g/mol. The minimum atomic E-state index is -0.232. The maximum absolute atomic E-state index is 5.81. The van der Waals surface area contributed by atoms with Crippen LogP contribution in [-0.2, 0) is 28.9 Å². The molecule has 0 aromatic carbocycles. The molecule has 3 nitrogen and oxygen atoms in total. The average Bonchev–Trinajstić information content (AvgIpc) is 3.10. The van der Waals surface area contributed by atoms with Crippen LogP contribution in [-0.4, -0.2) is 37.0 Å². The highest BCUT2D eigenvalue weighted by atomic mass is 32.1. The molecule has 1 aromatic heterocycles. The molecule has 0 amide bonds. The van der Waals surface area contributed by atoms with E-state index in [0.717, 1.165) is 45.7 Å². The van der Waals surface area contributed by atoms with Crippen molar-refractivity contribution in [2.24, 2.45) is 0 Å². The van der Waals surface area contributed by atoms with Gasteiger partial charge in [0.2, 0.25) is 0 Å². The second-order valence-corrected chi connectivity index (χ2v) is 7.22. The van der Waals surface area contributed by atoms with E-state index in [-0.39, 0.29) is 5.79 Å². The molecule has 2 saturated heterocycles. The summed E-state index contributed by atoms with van der Waals surface area (Å²) in [7, 11) is 0. The molecule has 0 N–H and O–H groups in total. The van der Waals surface area contributed by atoms with Crippen molar-refractivity contribution < 1.29 is 9.47 Å². The Morgan fingerprint density at radius 1 is 1.10 bits per heavy atom. The lowest BCUT2D eigenvalue weighted by molar-refractivity contribution is -0.185. The number of rotatable bonds is 2. The number of likely N-dealkylation sites (tertiary alicyclic amines) is 1. The Hall–Kier alpha value is -0.420. The van der Waals surface area contributed by atoms with Crippen LogP contribution in [0.4, 0.5) is 0 Å². The van der Waals surface area contributed by atoms with Crippen molar-refractivity contribution in [2.75, 3.05) is 26.3 Å². The Morgan fingerprint density at radius 2 is 1.85 bits per heavy atom. The van der Waals surface area contributed by atoms with Crippen LogP contribution < -0.4 is 0 Å². The molecule has 3 heterocycles. The first-order valence-corrected chi connectivity index (χ1v) is 8.81. The first kappa shape index (κ1) is 13.3. The van der Waals surface area contributed by atoms with E-state index < -0.39 is 0 Å². The summed E-state index contributed by atoms with van der Waals surface area (Å²) in [4.78, 5) is 4.23. The van der Waals surface area contributed by atoms with E-state index in [0.29, 0.717) is 0 Å². The van der Waals surface area contributed by atoms with Crippen LogP contribution in [0.5, 0.6) is 0 Å². The molecule has 1 aromatic rings. The Balaban J connectivity index is 1.39. The van der Waals surface area contributed by atoms with Crippen molar-refractivity contribution in [3.8, 4) is 0 Å². The molecule has 0 atom stereocenters. The minimum Gasteiger partial charge on any atom is -0.347 e. The van der Waals surface area contributed by atoms with Crippen LogP contribution in [0.1, 0.15) is 41.7 Å². The zero-order valence-electron chi connectivity index (χ0n) is 12.0. The number of thiophene rings is 1. The normalized spacial score (nSPS) is 26.0. The van der Waals surface area contributed by atoms with Crippen molar-refractivity contribution >= 4 is 11.3 Å². The number of fused-ring (bicyclic) bond motifs is 1. The Morgan fingerprint density at radius 3 is 2.65 bits per heavy atom. The maximum Gasteiger partial charge on any atom is 0.170 e. The van der Waals surface area contributed by atoms with Crippen LogP contribution in [0, 0.1) is 0 Å². The zero-order chi connectivity index (χ0) is 13.4. The predicted molar refractivity (Wildman–Crippen MR) is 80.1 cm³/mol. The number of piperidine rings is 1. The quantitative estimate of drug-likeness (QED) is 0.837. The van der Waals surface area contributed by atoms with Gasteiger partial charge in [0.25, 0.3) is 0 Å². The van der Waals surface area contributed by atoms with Crippen LogP contribution in [0.3, 0.4) is 0 Å². The Labute approximate surface area is 124 Å². The molecule has 0 radical (unpaired) electrons. The van der Waals surface area contributed by atoms with E-state index >= 15 is 0 Å². The van der Waals surface area contributed by atoms with Gasteiger partial charge in [0, 0.05) is 37.4 Å². The van der Waals surface area contributed by atoms with Gasteiger partial charge in [-0.3, -0.25) is 4.90 Å². The molecular weight excluding hydrogens is 270 g/mol. The summed E-state index contributed by atoms with van der Waals surface area (Å²) >= 11 is 1.98. The zero-order valence-corrected chi connectivity index (χ0v) is 12.8. The third kappa shape index (κ3) is 2.43. The average molecular weight is 293 g/mol. The molecule has 4 rings (SSSR count). The van der Waals surface area contributed by atoms with E-state index in [9.17, 15) is 0 Å². The molecule has 0 bridgehead atoms. The van der Waals surface area contributed by atoms with E-state index in [2.05, 4.69) is 10.3 Å². The molecule has 0 saturated carbocycles. The number of hydrogen-bond donors (Lipinski definition) is 0. The van der Waals surface area contributed by atoms with E-state index in [1.165, 1.54) is 25.7 Å². The highest BCUT2D eigenvalue weighted by Gasteiger charge is 2.39. The molecule has 0 unspecified atom stereocenters. The molecule has 20 heavy (non-hydrogen) atoms. The van der Waals surface area contributed by atoms with Crippen molar-refractivity contribution in [3.05, 3.63) is 21.4 Å². The smallest absolute Gasteiger partial charge is 0.170 e. The van der Waals surface area contributed by atoms with Crippen molar-refractivity contribution in [3.63, 3.8) is 0 Å². The first-order chi connectivity index (χ1) is 9.85. The van der Waals surface area contributed by atoms with Gasteiger partial charge in [-0.2, -0.15) is 0 Å². The van der Waals surface area contributed by atoms with Crippen molar-refractivity contribution in [1.29, 1.82) is 0 Å². The summed E-state index contributed by atoms with van der Waals surface area (Å²) < 4.78 is 11.6. The summed E-state index contributed by atoms with van der Waals surface area (Å²) in [6.45, 7) is 4.88. The largest absolute Gasteiger partial charge is 0.347 e. The molecule has 110 valence electrons. The minimum absolute atomic E-state index is 0.232. The molecule has 1 aliphatic carbocycles. The summed E-state index contributed by atoms with van der Waals surface area (Å²) in [6, 6.07) is 0. The molecular formula is C16H23NO2S. The summed E-state index contributed by atoms with van der Waals surface area (Å²) in [5.74, 6) is -0.232. The molecule has 2 aliphatic heterocycles. The fourth-order valence-electron chi connectivity index (χ4n) is 3.77. The highest BCUT2D eigenvalue weighted by molar-refractivity contribution is 7.10. The molecule has 4 heteroatoms. The fourth-order valence-corrected chi connectivity index (χ4v) is 4.91. The SMILES string of the molecule is c1sc2c(c1CN1CCC3(CC1)OCCO3)CCCC2. The van der Waals surface area contributed by atoms with Crippen LogP contribution >= 0.6 is 11.3 Å². The highest BCUT2D eigenvalue weighted by Crippen LogP contribution is 2.34. The van der Waals surface area contributed by atoms with Gasteiger partial charge in [0.1, 0.15) is 0 Å². The lowest BCUT2D eigenvalue weighted by Gasteiger charge is -2.37. The summed E-state index contributed by atoms with van der Waals surface area (Å²) in [5.41, 5.74) is 3.27. The molecule has 3 aliphatic rings. The fraction of sp³-hybridized carbons (Fsp3) is 0.750. The Bertz CT molecular complexity index is 469. The third-order valence-corrected chi connectivity index (χ3v) is 6.11.